The number of para-hydroxylation sites is 1. The molecule has 0 aliphatic carbocycles. The van der Waals surface area contributed by atoms with Crippen LogP contribution in [0.15, 0.2) is 66.7 Å². The van der Waals surface area contributed by atoms with Gasteiger partial charge in [-0.2, -0.15) is 0 Å². The lowest BCUT2D eigenvalue weighted by Gasteiger charge is -2.27. The largest absolute Gasteiger partial charge is 0.491 e. The minimum absolute atomic E-state index is 0.0204. The molecule has 4 N–H and O–H groups in total. The molecule has 4 rings (SSSR count). The van der Waals surface area contributed by atoms with E-state index in [1.807, 2.05) is 54.6 Å². The second-order valence-electron chi connectivity index (χ2n) is 9.02. The Morgan fingerprint density at radius 1 is 1.11 bits per heavy atom. The first-order valence-electron chi connectivity index (χ1n) is 12.5. The van der Waals surface area contributed by atoms with Crippen LogP contribution in [0, 0.1) is 0 Å². The number of ether oxygens (including phenoxy) is 3. The molecule has 0 radical (unpaired) electrons. The van der Waals surface area contributed by atoms with Crippen LogP contribution >= 0.6 is 0 Å². The summed E-state index contributed by atoms with van der Waals surface area (Å²) in [5.74, 6) is 0.626. The molecule has 1 aliphatic rings. The standard InChI is InChI=1S/C29H34N2O6/c1-35-14-13-31-27-16-21(8-11-26(27)29(33)34)20-9-12-28-22(15-20)7-10-25(37-28)18-30-17-23(32)19-36-24-5-3-2-4-6-24/h2-6,8-9,11-12,15-16,23,25,30-32H,7,10,13-14,17-19H2,1H3,(H,33,34)/t23-,25+/m0/s1. The van der Waals surface area contributed by atoms with Crippen LogP contribution in [-0.2, 0) is 11.2 Å². The van der Waals surface area contributed by atoms with E-state index < -0.39 is 12.1 Å². The Morgan fingerprint density at radius 3 is 2.68 bits per heavy atom. The zero-order chi connectivity index (χ0) is 26.0. The number of hydrogen-bond donors (Lipinski definition) is 4. The van der Waals surface area contributed by atoms with Crippen molar-refractivity contribution in [2.75, 3.05) is 45.3 Å². The summed E-state index contributed by atoms with van der Waals surface area (Å²) in [6.45, 7) is 2.29. The highest BCUT2D eigenvalue weighted by Crippen LogP contribution is 2.33. The number of hydrogen-bond acceptors (Lipinski definition) is 7. The smallest absolute Gasteiger partial charge is 0.337 e. The van der Waals surface area contributed by atoms with Gasteiger partial charge in [-0.15, -0.1) is 0 Å². The van der Waals surface area contributed by atoms with Gasteiger partial charge in [-0.1, -0.05) is 30.3 Å². The molecule has 3 aromatic carbocycles. The van der Waals surface area contributed by atoms with Gasteiger partial charge in [0.05, 0.1) is 12.2 Å². The number of aryl methyl sites for hydroxylation is 1. The van der Waals surface area contributed by atoms with E-state index in [0.717, 1.165) is 41.0 Å². The molecule has 1 heterocycles. The number of carboxylic acids is 1. The fraction of sp³-hybridized carbons (Fsp3) is 0.345. The van der Waals surface area contributed by atoms with E-state index in [-0.39, 0.29) is 18.3 Å². The van der Waals surface area contributed by atoms with Crippen molar-refractivity contribution in [2.24, 2.45) is 0 Å². The molecule has 2 atom stereocenters. The van der Waals surface area contributed by atoms with Crippen molar-refractivity contribution < 1.29 is 29.2 Å². The summed E-state index contributed by atoms with van der Waals surface area (Å²) in [5.41, 5.74) is 3.86. The normalized spacial score (nSPS) is 15.4. The van der Waals surface area contributed by atoms with Gasteiger partial charge in [-0.25, -0.2) is 4.79 Å². The number of benzene rings is 3. The van der Waals surface area contributed by atoms with Gasteiger partial charge < -0.3 is 35.1 Å². The van der Waals surface area contributed by atoms with Gasteiger partial charge in [0.25, 0.3) is 0 Å². The van der Waals surface area contributed by atoms with Crippen molar-refractivity contribution in [3.63, 3.8) is 0 Å². The fourth-order valence-corrected chi connectivity index (χ4v) is 4.29. The number of fused-ring (bicyclic) bond motifs is 1. The second kappa shape index (κ2) is 13.1. The number of aliphatic hydroxyl groups is 1. The molecule has 0 aromatic heterocycles. The molecule has 8 heteroatoms. The number of nitrogens with one attached hydrogen (secondary N) is 2. The van der Waals surface area contributed by atoms with Crippen LogP contribution in [0.3, 0.4) is 0 Å². The fourth-order valence-electron chi connectivity index (χ4n) is 4.29. The zero-order valence-electron chi connectivity index (χ0n) is 21.0. The van der Waals surface area contributed by atoms with E-state index in [1.165, 1.54) is 0 Å². The molecule has 0 spiro atoms. The summed E-state index contributed by atoms with van der Waals surface area (Å²) in [4.78, 5) is 11.6. The topological polar surface area (TPSA) is 109 Å². The van der Waals surface area contributed by atoms with Crippen LogP contribution in [0.1, 0.15) is 22.3 Å². The van der Waals surface area contributed by atoms with Crippen molar-refractivity contribution in [1.29, 1.82) is 0 Å². The van der Waals surface area contributed by atoms with Crippen LogP contribution in [0.2, 0.25) is 0 Å². The maximum absolute atomic E-state index is 11.6. The monoisotopic (exact) mass is 506 g/mol. The molecule has 0 unspecified atom stereocenters. The number of carboxylic acid groups (broad SMARTS) is 1. The van der Waals surface area contributed by atoms with Crippen molar-refractivity contribution in [3.05, 3.63) is 77.9 Å². The molecule has 1 aliphatic heterocycles. The van der Waals surface area contributed by atoms with E-state index >= 15 is 0 Å². The third kappa shape index (κ3) is 7.45. The van der Waals surface area contributed by atoms with Gasteiger partial charge >= 0.3 is 5.97 Å². The first-order valence-corrected chi connectivity index (χ1v) is 12.5. The van der Waals surface area contributed by atoms with Gasteiger partial charge in [-0.05, 0) is 65.9 Å². The Kier molecular flexibility index (Phi) is 9.37. The quantitative estimate of drug-likeness (QED) is 0.259. The molecule has 0 fully saturated rings. The van der Waals surface area contributed by atoms with Gasteiger partial charge in [0, 0.05) is 32.4 Å². The Hall–Kier alpha value is -3.59. The average molecular weight is 507 g/mol. The lowest BCUT2D eigenvalue weighted by Crippen LogP contribution is -2.39. The average Bonchev–Trinajstić information content (AvgIpc) is 2.92. The second-order valence-corrected chi connectivity index (χ2v) is 9.02. The molecule has 0 saturated heterocycles. The maximum Gasteiger partial charge on any atom is 0.337 e. The molecule has 3 aromatic rings. The predicted molar refractivity (Wildman–Crippen MR) is 143 cm³/mol. The predicted octanol–water partition coefficient (Wildman–Crippen LogP) is 3.83. The highest BCUT2D eigenvalue weighted by atomic mass is 16.5. The Bertz CT molecular complexity index is 1170. The molecular formula is C29H34N2O6. The number of anilines is 1. The minimum Gasteiger partial charge on any atom is -0.491 e. The highest BCUT2D eigenvalue weighted by Gasteiger charge is 2.21. The molecular weight excluding hydrogens is 472 g/mol. The van der Waals surface area contributed by atoms with Crippen LogP contribution < -0.4 is 20.1 Å². The number of aliphatic hydroxyl groups excluding tert-OH is 1. The van der Waals surface area contributed by atoms with E-state index in [4.69, 9.17) is 14.2 Å². The zero-order valence-corrected chi connectivity index (χ0v) is 21.0. The van der Waals surface area contributed by atoms with E-state index in [1.54, 1.807) is 13.2 Å². The summed E-state index contributed by atoms with van der Waals surface area (Å²) in [5, 5.41) is 26.1. The molecule has 0 bridgehead atoms. The summed E-state index contributed by atoms with van der Waals surface area (Å²) in [7, 11) is 1.61. The van der Waals surface area contributed by atoms with Gasteiger partial charge in [-0.3, -0.25) is 0 Å². The van der Waals surface area contributed by atoms with Crippen LogP contribution in [0.4, 0.5) is 5.69 Å². The first-order chi connectivity index (χ1) is 18.0. The van der Waals surface area contributed by atoms with Crippen molar-refractivity contribution >= 4 is 11.7 Å². The molecule has 196 valence electrons. The number of aromatic carboxylic acids is 1. The van der Waals surface area contributed by atoms with E-state index in [0.29, 0.717) is 31.9 Å². The minimum atomic E-state index is -0.971. The number of methoxy groups -OCH3 is 1. The Labute approximate surface area is 217 Å². The first kappa shape index (κ1) is 26.5. The summed E-state index contributed by atoms with van der Waals surface area (Å²) in [6.07, 6.45) is 1.15. The third-order valence-corrected chi connectivity index (χ3v) is 6.23. The van der Waals surface area contributed by atoms with Gasteiger partial charge in [0.15, 0.2) is 0 Å². The van der Waals surface area contributed by atoms with Gasteiger partial charge in [0.1, 0.15) is 30.3 Å². The molecule has 37 heavy (non-hydrogen) atoms. The van der Waals surface area contributed by atoms with E-state index in [9.17, 15) is 15.0 Å². The van der Waals surface area contributed by atoms with E-state index in [2.05, 4.69) is 16.7 Å². The molecule has 0 amide bonds. The lowest BCUT2D eigenvalue weighted by atomic mass is 9.96. The third-order valence-electron chi connectivity index (χ3n) is 6.23. The molecule has 0 saturated carbocycles. The maximum atomic E-state index is 11.6. The van der Waals surface area contributed by atoms with Crippen LogP contribution in [0.5, 0.6) is 11.5 Å². The van der Waals surface area contributed by atoms with Crippen LogP contribution in [-0.4, -0.2) is 68.3 Å². The van der Waals surface area contributed by atoms with Crippen molar-refractivity contribution in [2.45, 2.75) is 25.0 Å². The number of carbonyl (C=O) groups is 1. The number of rotatable bonds is 13. The SMILES string of the molecule is COCCNc1cc(-c2ccc3c(c2)CC[C@H](CNC[C@H](O)COc2ccccc2)O3)ccc1C(=O)O. The summed E-state index contributed by atoms with van der Waals surface area (Å²) < 4.78 is 16.9. The summed E-state index contributed by atoms with van der Waals surface area (Å²) >= 11 is 0. The highest BCUT2D eigenvalue weighted by molar-refractivity contribution is 5.95. The Morgan fingerprint density at radius 2 is 1.89 bits per heavy atom. The van der Waals surface area contributed by atoms with Crippen molar-refractivity contribution in [1.82, 2.24) is 5.32 Å². The summed E-state index contributed by atoms with van der Waals surface area (Å²) in [6, 6.07) is 20.8. The van der Waals surface area contributed by atoms with Gasteiger partial charge in [0.2, 0.25) is 0 Å². The van der Waals surface area contributed by atoms with Crippen molar-refractivity contribution in [3.8, 4) is 22.6 Å². The lowest BCUT2D eigenvalue weighted by molar-refractivity contribution is 0.0698. The Balaban J connectivity index is 1.31. The van der Waals surface area contributed by atoms with Crippen LogP contribution in [0.25, 0.3) is 11.1 Å². The molecule has 8 nitrogen and oxygen atoms in total.